The van der Waals surface area contributed by atoms with Gasteiger partial charge in [0.1, 0.15) is 17.0 Å². The Bertz CT molecular complexity index is 1260. The maximum absolute atomic E-state index is 14.0. The fourth-order valence-electron chi connectivity index (χ4n) is 4.59. The molecule has 39 heavy (non-hydrogen) atoms. The minimum absolute atomic E-state index is 0.0190. The predicted octanol–water partition coefficient (Wildman–Crippen LogP) is 4.42. The second-order valence-electron chi connectivity index (χ2n) is 9.52. The van der Waals surface area contributed by atoms with Crippen LogP contribution in [0.1, 0.15) is 11.1 Å². The molecule has 2 heterocycles. The first-order chi connectivity index (χ1) is 18.0. The van der Waals surface area contributed by atoms with Gasteiger partial charge in [0.25, 0.3) is 0 Å². The van der Waals surface area contributed by atoms with Crippen LogP contribution >= 0.6 is 0 Å². The predicted molar refractivity (Wildman–Crippen MR) is 124 cm³/mol. The van der Waals surface area contributed by atoms with Gasteiger partial charge in [-0.15, -0.1) is 0 Å². The van der Waals surface area contributed by atoms with E-state index in [0.29, 0.717) is 11.0 Å². The molecule has 2 aliphatic rings. The largest absolute Gasteiger partial charge is 0.420 e. The maximum atomic E-state index is 14.0. The molecule has 1 N–H and O–H groups in total. The highest BCUT2D eigenvalue weighted by Crippen LogP contribution is 2.47. The van der Waals surface area contributed by atoms with Gasteiger partial charge < -0.3 is 19.6 Å². The summed E-state index contributed by atoms with van der Waals surface area (Å²) in [6.07, 6.45) is -12.1. The fraction of sp³-hybridized carbons (Fsp3) is 0.417. The Morgan fingerprint density at radius 1 is 1.05 bits per heavy atom. The van der Waals surface area contributed by atoms with E-state index in [9.17, 15) is 45.4 Å². The number of benzene rings is 2. The van der Waals surface area contributed by atoms with E-state index in [1.54, 1.807) is 11.9 Å². The number of halogens is 7. The van der Waals surface area contributed by atoms with E-state index in [2.05, 4.69) is 0 Å². The summed E-state index contributed by atoms with van der Waals surface area (Å²) in [4.78, 5) is 30.2. The van der Waals surface area contributed by atoms with Gasteiger partial charge >= 0.3 is 24.5 Å². The van der Waals surface area contributed by atoms with E-state index in [-0.39, 0.29) is 44.5 Å². The molecule has 2 aromatic carbocycles. The zero-order valence-electron chi connectivity index (χ0n) is 20.6. The number of nitrogens with zero attached hydrogens (tertiary/aromatic N) is 4. The first-order valence-electron chi connectivity index (χ1n) is 11.5. The van der Waals surface area contributed by atoms with Crippen molar-refractivity contribution in [1.29, 1.82) is 0 Å². The van der Waals surface area contributed by atoms with Gasteiger partial charge in [-0.25, -0.2) is 14.0 Å². The monoisotopic (exact) mass is 564 g/mol. The Morgan fingerprint density at radius 3 is 2.21 bits per heavy atom. The third kappa shape index (κ3) is 5.88. The van der Waals surface area contributed by atoms with Gasteiger partial charge in [-0.2, -0.15) is 26.3 Å². The third-order valence-corrected chi connectivity index (χ3v) is 6.38. The van der Waals surface area contributed by atoms with Gasteiger partial charge in [0.2, 0.25) is 0 Å². The third-order valence-electron chi connectivity index (χ3n) is 6.38. The van der Waals surface area contributed by atoms with Gasteiger partial charge in [-0.1, -0.05) is 0 Å². The number of β-amino-alcohol motifs (C(OH)–C–C–N with tert-alkyl or cyclic N) is 1. The molecule has 0 aromatic heterocycles. The van der Waals surface area contributed by atoms with Crippen LogP contribution in [0.25, 0.3) is 0 Å². The Labute approximate surface area is 217 Å². The Morgan fingerprint density at radius 2 is 1.67 bits per heavy atom. The molecule has 0 saturated carbocycles. The average molecular weight is 564 g/mol. The normalized spacial score (nSPS) is 17.8. The number of rotatable bonds is 5. The van der Waals surface area contributed by atoms with Crippen molar-refractivity contribution >= 4 is 23.5 Å². The van der Waals surface area contributed by atoms with Crippen molar-refractivity contribution in [3.05, 3.63) is 53.3 Å². The fourth-order valence-corrected chi connectivity index (χ4v) is 4.59. The van der Waals surface area contributed by atoms with Gasteiger partial charge in [0.05, 0.1) is 17.8 Å². The Kier molecular flexibility index (Phi) is 7.19. The molecule has 0 bridgehead atoms. The molecule has 15 heteroatoms. The molecule has 2 aromatic rings. The number of hydrogen-bond donors (Lipinski definition) is 1. The van der Waals surface area contributed by atoms with Crippen LogP contribution in [0.5, 0.6) is 5.75 Å². The zero-order valence-corrected chi connectivity index (χ0v) is 20.6. The molecule has 2 saturated heterocycles. The molecule has 0 spiro atoms. The summed E-state index contributed by atoms with van der Waals surface area (Å²) in [5.41, 5.74) is -5.80. The molecule has 0 atom stereocenters. The van der Waals surface area contributed by atoms with Crippen LogP contribution in [0.4, 0.5) is 51.7 Å². The van der Waals surface area contributed by atoms with Crippen molar-refractivity contribution in [2.75, 3.05) is 56.6 Å². The summed E-state index contributed by atoms with van der Waals surface area (Å²) in [6.45, 7) is -0.193. The molecule has 8 nitrogen and oxygen atoms in total. The highest BCUT2D eigenvalue weighted by molar-refractivity contribution is 5.97. The van der Waals surface area contributed by atoms with Gasteiger partial charge in [0.15, 0.2) is 5.75 Å². The highest BCUT2D eigenvalue weighted by atomic mass is 19.4. The number of hydrogen-bond acceptors (Lipinski definition) is 5. The lowest BCUT2D eigenvalue weighted by Crippen LogP contribution is -2.65. The first-order valence-corrected chi connectivity index (χ1v) is 11.5. The molecule has 0 aliphatic carbocycles. The van der Waals surface area contributed by atoms with E-state index in [1.807, 2.05) is 0 Å². The molecule has 212 valence electrons. The van der Waals surface area contributed by atoms with Crippen molar-refractivity contribution in [2.24, 2.45) is 0 Å². The molecular formula is C24H23F7N4O4. The average Bonchev–Trinajstić information content (AvgIpc) is 3.16. The van der Waals surface area contributed by atoms with Crippen LogP contribution in [0.15, 0.2) is 36.4 Å². The van der Waals surface area contributed by atoms with Crippen molar-refractivity contribution in [1.82, 2.24) is 9.80 Å². The number of carbonyl (C=O) groups excluding carboxylic acids is 2. The van der Waals surface area contributed by atoms with E-state index >= 15 is 0 Å². The number of ether oxygens (including phenoxy) is 1. The van der Waals surface area contributed by atoms with Crippen LogP contribution < -0.4 is 14.5 Å². The number of likely N-dealkylation sites (N-methyl/N-ethyl adjacent to an activating group) is 1. The van der Waals surface area contributed by atoms with Gasteiger partial charge in [-0.3, -0.25) is 9.80 Å². The highest BCUT2D eigenvalue weighted by Gasteiger charge is 2.46. The summed E-state index contributed by atoms with van der Waals surface area (Å²) >= 11 is 0. The topological polar surface area (TPSA) is 76.6 Å². The van der Waals surface area contributed by atoms with Crippen LogP contribution in [0.2, 0.25) is 0 Å². The van der Waals surface area contributed by atoms with Crippen LogP contribution in [0.3, 0.4) is 0 Å². The molecule has 2 fully saturated rings. The quantitative estimate of drug-likeness (QED) is 0.545. The molecular weight excluding hydrogens is 541 g/mol. The molecule has 3 amide bonds. The summed E-state index contributed by atoms with van der Waals surface area (Å²) in [5, 5.41) is 10.5. The van der Waals surface area contributed by atoms with Crippen LogP contribution in [-0.4, -0.2) is 79.5 Å². The SMILES string of the molecule is CN1CC(O)(CN2CCN(c3cc(C(F)(F)F)cc(C(F)(F)F)c3OC(=O)N(C)c3ccc(F)cc3)C2=O)C1. The molecule has 0 radical (unpaired) electrons. The lowest BCUT2D eigenvalue weighted by atomic mass is 9.94. The number of carbonyl (C=O) groups is 2. The van der Waals surface area contributed by atoms with Crippen molar-refractivity contribution in [3.63, 3.8) is 0 Å². The second kappa shape index (κ2) is 9.86. The van der Waals surface area contributed by atoms with Gasteiger partial charge in [-0.05, 0) is 43.4 Å². The van der Waals surface area contributed by atoms with Crippen LogP contribution in [0, 0.1) is 5.82 Å². The van der Waals surface area contributed by atoms with Gasteiger partial charge in [0, 0.05) is 38.9 Å². The van der Waals surface area contributed by atoms with E-state index < -0.39 is 58.5 Å². The number of aliphatic hydroxyl groups is 1. The standard InChI is InChI=1S/C24H23F7N4O4/c1-32-11-22(38,12-32)13-34-7-8-35(20(34)36)18-10-14(23(26,27)28)9-17(24(29,30)31)19(18)39-21(37)33(2)16-5-3-15(25)4-6-16/h3-6,9-10,38H,7-8,11-13H2,1-2H3. The second-order valence-corrected chi connectivity index (χ2v) is 9.52. The van der Waals surface area contributed by atoms with E-state index in [1.165, 1.54) is 0 Å². The van der Waals surface area contributed by atoms with Crippen molar-refractivity contribution in [2.45, 2.75) is 18.0 Å². The first kappa shape index (κ1) is 28.4. The van der Waals surface area contributed by atoms with Crippen molar-refractivity contribution < 1.29 is 50.2 Å². The Balaban J connectivity index is 1.74. The minimum Gasteiger partial charge on any atom is -0.407 e. The number of anilines is 2. The maximum Gasteiger partial charge on any atom is 0.420 e. The lowest BCUT2D eigenvalue weighted by molar-refractivity contribution is -0.143. The smallest absolute Gasteiger partial charge is 0.407 e. The van der Waals surface area contributed by atoms with Crippen LogP contribution in [-0.2, 0) is 12.4 Å². The Hall–Kier alpha value is -3.59. The molecule has 0 unspecified atom stereocenters. The number of urea groups is 1. The number of amides is 3. The molecule has 4 rings (SSSR count). The summed E-state index contributed by atoms with van der Waals surface area (Å²) in [6, 6.07) is 3.39. The number of likely N-dealkylation sites (tertiary alicyclic amines) is 1. The minimum atomic E-state index is -5.41. The lowest BCUT2D eigenvalue weighted by Gasteiger charge is -2.46. The van der Waals surface area contributed by atoms with E-state index in [0.717, 1.165) is 41.1 Å². The summed E-state index contributed by atoms with van der Waals surface area (Å²) in [7, 11) is 2.82. The summed E-state index contributed by atoms with van der Waals surface area (Å²) < 4.78 is 101. The number of alkyl halides is 6. The van der Waals surface area contributed by atoms with Crippen molar-refractivity contribution in [3.8, 4) is 5.75 Å². The van der Waals surface area contributed by atoms with E-state index in [4.69, 9.17) is 4.74 Å². The zero-order chi connectivity index (χ0) is 28.9. The summed E-state index contributed by atoms with van der Waals surface area (Å²) in [5.74, 6) is -1.95. The molecule has 2 aliphatic heterocycles.